The van der Waals surface area contributed by atoms with Crippen molar-refractivity contribution in [2.45, 2.75) is 26.3 Å². The first-order chi connectivity index (χ1) is 12.5. The lowest BCUT2D eigenvalue weighted by Crippen LogP contribution is -2.55. The maximum atomic E-state index is 12.4. The first-order valence-corrected chi connectivity index (χ1v) is 9.15. The molecule has 152 valence electrons. The molecule has 0 spiro atoms. The molecule has 0 aliphatic carbocycles. The largest absolute Gasteiger partial charge is 0.495 e. The molecule has 1 heterocycles. The number of nitrogens with zero attached hydrogens (tertiary/aromatic N) is 2. The Morgan fingerprint density at radius 3 is 2.44 bits per heavy atom. The molecule has 0 saturated carbocycles. The molecule has 1 aromatic rings. The SMILES string of the molecule is CCC(C)C(N)C(=O)N1CCN(CC(=O)Nc2ccccc2OC)CC1.Cl. The third-order valence-corrected chi connectivity index (χ3v) is 4.97. The number of amides is 2. The van der Waals surface area contributed by atoms with E-state index in [0.717, 1.165) is 6.42 Å². The van der Waals surface area contributed by atoms with Crippen LogP contribution in [0.2, 0.25) is 0 Å². The van der Waals surface area contributed by atoms with Gasteiger partial charge in [0.1, 0.15) is 5.75 Å². The number of carbonyl (C=O) groups is 2. The molecule has 0 radical (unpaired) electrons. The maximum Gasteiger partial charge on any atom is 0.239 e. The van der Waals surface area contributed by atoms with E-state index in [4.69, 9.17) is 10.5 Å². The van der Waals surface area contributed by atoms with Gasteiger partial charge >= 0.3 is 0 Å². The van der Waals surface area contributed by atoms with Crippen molar-refractivity contribution < 1.29 is 14.3 Å². The minimum atomic E-state index is -0.444. The van der Waals surface area contributed by atoms with Gasteiger partial charge in [0.2, 0.25) is 11.8 Å². The number of halogens is 1. The van der Waals surface area contributed by atoms with E-state index in [2.05, 4.69) is 5.32 Å². The predicted molar refractivity (Wildman–Crippen MR) is 109 cm³/mol. The highest BCUT2D eigenvalue weighted by Gasteiger charge is 2.28. The van der Waals surface area contributed by atoms with Gasteiger partial charge in [-0.05, 0) is 18.1 Å². The second-order valence-electron chi connectivity index (χ2n) is 6.76. The molecule has 27 heavy (non-hydrogen) atoms. The van der Waals surface area contributed by atoms with Crippen LogP contribution in [-0.4, -0.2) is 67.5 Å². The molecule has 0 bridgehead atoms. The topological polar surface area (TPSA) is 87.9 Å². The average Bonchev–Trinajstić information content (AvgIpc) is 2.67. The van der Waals surface area contributed by atoms with Gasteiger partial charge in [0.15, 0.2) is 0 Å². The van der Waals surface area contributed by atoms with Gasteiger partial charge in [-0.2, -0.15) is 0 Å². The molecular weight excluding hydrogens is 368 g/mol. The fourth-order valence-corrected chi connectivity index (χ4v) is 2.98. The summed E-state index contributed by atoms with van der Waals surface area (Å²) < 4.78 is 5.24. The Bertz CT molecular complexity index is 621. The van der Waals surface area contributed by atoms with Crippen LogP contribution in [0.25, 0.3) is 0 Å². The maximum absolute atomic E-state index is 12.4. The minimum Gasteiger partial charge on any atom is -0.495 e. The Morgan fingerprint density at radius 2 is 1.85 bits per heavy atom. The van der Waals surface area contributed by atoms with Gasteiger partial charge in [-0.1, -0.05) is 32.4 Å². The van der Waals surface area contributed by atoms with Gasteiger partial charge < -0.3 is 20.7 Å². The van der Waals surface area contributed by atoms with Gasteiger partial charge in [0, 0.05) is 26.2 Å². The van der Waals surface area contributed by atoms with E-state index in [1.165, 1.54) is 0 Å². The quantitative estimate of drug-likeness (QED) is 0.727. The molecule has 2 atom stereocenters. The van der Waals surface area contributed by atoms with Crippen LogP contribution in [0.15, 0.2) is 24.3 Å². The highest BCUT2D eigenvalue weighted by Crippen LogP contribution is 2.22. The third kappa shape index (κ3) is 6.37. The summed E-state index contributed by atoms with van der Waals surface area (Å²) >= 11 is 0. The van der Waals surface area contributed by atoms with Crippen LogP contribution < -0.4 is 15.8 Å². The first-order valence-electron chi connectivity index (χ1n) is 9.15. The smallest absolute Gasteiger partial charge is 0.239 e. The van der Waals surface area contributed by atoms with Crippen molar-refractivity contribution in [3.63, 3.8) is 0 Å². The number of hydrogen-bond donors (Lipinski definition) is 2. The number of piperazine rings is 1. The van der Waals surface area contributed by atoms with E-state index >= 15 is 0 Å². The summed E-state index contributed by atoms with van der Waals surface area (Å²) in [7, 11) is 1.57. The molecule has 8 heteroatoms. The van der Waals surface area contributed by atoms with Crippen molar-refractivity contribution in [2.24, 2.45) is 11.7 Å². The Hall–Kier alpha value is -1.83. The molecule has 1 aliphatic rings. The standard InChI is InChI=1S/C19H30N4O3.ClH/c1-4-14(2)18(20)19(25)23-11-9-22(10-12-23)13-17(24)21-15-7-5-6-8-16(15)26-3;/h5-8,14,18H,4,9-13,20H2,1-3H3,(H,21,24);1H. The lowest BCUT2D eigenvalue weighted by atomic mass is 9.98. The van der Waals surface area contributed by atoms with Crippen molar-refractivity contribution in [2.75, 3.05) is 45.2 Å². The van der Waals surface area contributed by atoms with Gasteiger partial charge in [0.05, 0.1) is 25.4 Å². The number of carbonyl (C=O) groups excluding carboxylic acids is 2. The van der Waals surface area contributed by atoms with E-state index in [1.54, 1.807) is 13.2 Å². The lowest BCUT2D eigenvalue weighted by molar-refractivity contribution is -0.135. The van der Waals surface area contributed by atoms with E-state index < -0.39 is 6.04 Å². The normalized spacial score (nSPS) is 16.8. The molecule has 2 amide bonds. The van der Waals surface area contributed by atoms with Crippen molar-refractivity contribution in [3.05, 3.63) is 24.3 Å². The van der Waals surface area contributed by atoms with Crippen LogP contribution in [0, 0.1) is 5.92 Å². The van der Waals surface area contributed by atoms with E-state index in [1.807, 2.05) is 41.8 Å². The van der Waals surface area contributed by atoms with E-state index in [-0.39, 0.29) is 36.7 Å². The highest BCUT2D eigenvalue weighted by molar-refractivity contribution is 5.93. The second kappa shape index (κ2) is 11.1. The Morgan fingerprint density at radius 1 is 1.22 bits per heavy atom. The summed E-state index contributed by atoms with van der Waals surface area (Å²) in [6, 6.07) is 6.88. The van der Waals surface area contributed by atoms with Gasteiger partial charge in [-0.25, -0.2) is 0 Å². The zero-order valence-corrected chi connectivity index (χ0v) is 17.1. The van der Waals surface area contributed by atoms with E-state index in [9.17, 15) is 9.59 Å². The molecule has 1 aromatic carbocycles. The molecule has 7 nitrogen and oxygen atoms in total. The van der Waals surface area contributed by atoms with Crippen LogP contribution >= 0.6 is 12.4 Å². The van der Waals surface area contributed by atoms with E-state index in [0.29, 0.717) is 37.6 Å². The molecule has 0 aromatic heterocycles. The lowest BCUT2D eigenvalue weighted by Gasteiger charge is -2.36. The van der Waals surface area contributed by atoms with Gasteiger partial charge in [-0.15, -0.1) is 12.4 Å². The number of hydrogen-bond acceptors (Lipinski definition) is 5. The number of ether oxygens (including phenoxy) is 1. The number of nitrogens with two attached hydrogens (primary N) is 1. The number of methoxy groups -OCH3 is 1. The summed E-state index contributed by atoms with van der Waals surface area (Å²) in [6.45, 7) is 6.86. The predicted octanol–water partition coefficient (Wildman–Crippen LogP) is 1.57. The van der Waals surface area contributed by atoms with Crippen LogP contribution in [0.1, 0.15) is 20.3 Å². The summed E-state index contributed by atoms with van der Waals surface area (Å²) in [4.78, 5) is 28.6. The summed E-state index contributed by atoms with van der Waals surface area (Å²) in [6.07, 6.45) is 0.885. The number of rotatable bonds is 7. The van der Waals surface area contributed by atoms with Crippen molar-refractivity contribution in [1.29, 1.82) is 0 Å². The van der Waals surface area contributed by atoms with Crippen molar-refractivity contribution >= 4 is 29.9 Å². The Labute approximate surface area is 167 Å². The van der Waals surface area contributed by atoms with Crippen LogP contribution in [0.4, 0.5) is 5.69 Å². The van der Waals surface area contributed by atoms with Crippen LogP contribution in [0.5, 0.6) is 5.75 Å². The van der Waals surface area contributed by atoms with Crippen molar-refractivity contribution in [3.8, 4) is 5.75 Å². The zero-order chi connectivity index (χ0) is 19.1. The van der Waals surface area contributed by atoms with Crippen LogP contribution in [-0.2, 0) is 9.59 Å². The number of para-hydroxylation sites is 2. The average molecular weight is 399 g/mol. The Balaban J connectivity index is 0.00000364. The summed E-state index contributed by atoms with van der Waals surface area (Å²) in [5, 5.41) is 2.88. The molecule has 2 unspecified atom stereocenters. The molecule has 1 aliphatic heterocycles. The zero-order valence-electron chi connectivity index (χ0n) is 16.3. The summed E-state index contributed by atoms with van der Waals surface area (Å²) in [5.41, 5.74) is 6.71. The molecule has 1 saturated heterocycles. The number of benzene rings is 1. The molecular formula is C19H31ClN4O3. The monoisotopic (exact) mass is 398 g/mol. The first kappa shape index (κ1) is 23.2. The van der Waals surface area contributed by atoms with Crippen molar-refractivity contribution in [1.82, 2.24) is 9.80 Å². The highest BCUT2D eigenvalue weighted by atomic mass is 35.5. The third-order valence-electron chi connectivity index (χ3n) is 4.97. The minimum absolute atomic E-state index is 0. The fourth-order valence-electron chi connectivity index (χ4n) is 2.98. The molecule has 3 N–H and O–H groups in total. The Kier molecular flexibility index (Phi) is 9.55. The van der Waals surface area contributed by atoms with Crippen LogP contribution in [0.3, 0.4) is 0 Å². The summed E-state index contributed by atoms with van der Waals surface area (Å²) in [5.74, 6) is 0.727. The second-order valence-corrected chi connectivity index (χ2v) is 6.76. The number of anilines is 1. The number of nitrogens with one attached hydrogen (secondary N) is 1. The fraction of sp³-hybridized carbons (Fsp3) is 0.579. The molecule has 2 rings (SSSR count). The van der Waals surface area contributed by atoms with Gasteiger partial charge in [0.25, 0.3) is 0 Å². The van der Waals surface area contributed by atoms with Gasteiger partial charge in [-0.3, -0.25) is 14.5 Å². The molecule has 1 fully saturated rings.